The summed E-state index contributed by atoms with van der Waals surface area (Å²) in [5.74, 6) is -0.323. The van der Waals surface area contributed by atoms with Crippen LogP contribution in [0.1, 0.15) is 12.5 Å². The van der Waals surface area contributed by atoms with Crippen molar-refractivity contribution in [3.63, 3.8) is 0 Å². The predicted octanol–water partition coefficient (Wildman–Crippen LogP) is 4.34. The van der Waals surface area contributed by atoms with Gasteiger partial charge < -0.3 is 10.1 Å². The van der Waals surface area contributed by atoms with E-state index in [4.69, 9.17) is 39.5 Å². The first-order valence-electron chi connectivity index (χ1n) is 7.48. The zero-order valence-corrected chi connectivity index (χ0v) is 15.7. The minimum atomic E-state index is -0.622. The van der Waals surface area contributed by atoms with Crippen molar-refractivity contribution in [2.75, 3.05) is 6.61 Å². The minimum absolute atomic E-state index is 0.134. The monoisotopic (exact) mass is 399 g/mol. The summed E-state index contributed by atoms with van der Waals surface area (Å²) in [6.07, 6.45) is 0.412. The van der Waals surface area contributed by atoms with Gasteiger partial charge in [-0.2, -0.15) is 0 Å². The van der Waals surface area contributed by atoms with Crippen molar-refractivity contribution in [1.82, 2.24) is 5.32 Å². The lowest BCUT2D eigenvalue weighted by Gasteiger charge is -2.16. The largest absolute Gasteiger partial charge is 0.482 e. The molecule has 0 aliphatic heterocycles. The lowest BCUT2D eigenvalue weighted by Crippen LogP contribution is -2.43. The molecule has 7 heteroatoms. The van der Waals surface area contributed by atoms with Gasteiger partial charge in [-0.05, 0) is 25.0 Å². The molecular formula is C18H16Cl3NO3. The lowest BCUT2D eigenvalue weighted by atomic mass is 10.0. The predicted molar refractivity (Wildman–Crippen MR) is 99.7 cm³/mol. The van der Waals surface area contributed by atoms with Crippen molar-refractivity contribution in [2.45, 2.75) is 19.4 Å². The Balaban J connectivity index is 1.95. The number of ether oxygens (including phenoxy) is 1. The van der Waals surface area contributed by atoms with Gasteiger partial charge in [-0.3, -0.25) is 9.59 Å². The van der Waals surface area contributed by atoms with E-state index < -0.39 is 11.9 Å². The van der Waals surface area contributed by atoms with Gasteiger partial charge in [0.25, 0.3) is 5.91 Å². The highest BCUT2D eigenvalue weighted by Gasteiger charge is 2.18. The van der Waals surface area contributed by atoms with Crippen LogP contribution in [0.4, 0.5) is 0 Å². The standard InChI is InChI=1S/C18H16Cl3NO3/c1-11(23)16(7-12-5-3-2-4-6-12)22-18(24)10-25-17-9-14(20)13(19)8-15(17)21/h2-6,8-9,16H,7,10H2,1H3,(H,22,24)/t16-/m0/s1. The first kappa shape index (κ1) is 19.6. The van der Waals surface area contributed by atoms with Crippen LogP contribution in [0.15, 0.2) is 42.5 Å². The maximum absolute atomic E-state index is 12.1. The Labute approximate surface area is 161 Å². The number of hydrogen-bond acceptors (Lipinski definition) is 3. The van der Waals surface area contributed by atoms with Crippen molar-refractivity contribution in [1.29, 1.82) is 0 Å². The smallest absolute Gasteiger partial charge is 0.258 e. The van der Waals surface area contributed by atoms with E-state index in [0.717, 1.165) is 5.56 Å². The molecular weight excluding hydrogens is 385 g/mol. The van der Waals surface area contributed by atoms with Gasteiger partial charge in [0.05, 0.1) is 21.1 Å². The highest BCUT2D eigenvalue weighted by Crippen LogP contribution is 2.33. The molecule has 0 spiro atoms. The Hall–Kier alpha value is -1.75. The highest BCUT2D eigenvalue weighted by atomic mass is 35.5. The number of Topliss-reactive ketones (excluding diaryl/α,β-unsaturated/α-hetero) is 1. The summed E-state index contributed by atoms with van der Waals surface area (Å²) < 4.78 is 5.37. The molecule has 1 atom stereocenters. The van der Waals surface area contributed by atoms with Gasteiger partial charge in [0, 0.05) is 6.07 Å². The molecule has 0 saturated carbocycles. The number of hydrogen-bond donors (Lipinski definition) is 1. The van der Waals surface area contributed by atoms with Crippen LogP contribution in [0.5, 0.6) is 5.75 Å². The van der Waals surface area contributed by atoms with Crippen LogP contribution in [0, 0.1) is 0 Å². The van der Waals surface area contributed by atoms with Crippen molar-refractivity contribution >= 4 is 46.5 Å². The van der Waals surface area contributed by atoms with Crippen LogP contribution in [-0.2, 0) is 16.0 Å². The van der Waals surface area contributed by atoms with E-state index in [-0.39, 0.29) is 28.2 Å². The van der Waals surface area contributed by atoms with Crippen LogP contribution in [0.2, 0.25) is 15.1 Å². The summed E-state index contributed by atoms with van der Waals surface area (Å²) in [5.41, 5.74) is 0.955. The second kappa shape index (κ2) is 9.09. The Morgan fingerprint density at radius 1 is 1.04 bits per heavy atom. The van der Waals surface area contributed by atoms with Crippen LogP contribution in [0.25, 0.3) is 0 Å². The SMILES string of the molecule is CC(=O)[C@H](Cc1ccccc1)NC(=O)COc1cc(Cl)c(Cl)cc1Cl. The fraction of sp³-hybridized carbons (Fsp3) is 0.222. The molecule has 0 aromatic heterocycles. The summed E-state index contributed by atoms with van der Waals surface area (Å²) in [7, 11) is 0. The third-order valence-corrected chi connectivity index (χ3v) is 4.46. The minimum Gasteiger partial charge on any atom is -0.482 e. The van der Waals surface area contributed by atoms with E-state index in [2.05, 4.69) is 5.32 Å². The molecule has 1 N–H and O–H groups in total. The first-order valence-corrected chi connectivity index (χ1v) is 8.61. The number of amides is 1. The van der Waals surface area contributed by atoms with Crippen molar-refractivity contribution < 1.29 is 14.3 Å². The number of nitrogens with one attached hydrogen (secondary N) is 1. The quantitative estimate of drug-likeness (QED) is 0.703. The van der Waals surface area contributed by atoms with Gasteiger partial charge in [-0.25, -0.2) is 0 Å². The van der Waals surface area contributed by atoms with Crippen LogP contribution in [0.3, 0.4) is 0 Å². The van der Waals surface area contributed by atoms with Gasteiger partial charge in [-0.15, -0.1) is 0 Å². The number of ketones is 1. The maximum atomic E-state index is 12.1. The number of halogens is 3. The Kier molecular flexibility index (Phi) is 7.12. The molecule has 2 rings (SSSR count). The van der Waals surface area contributed by atoms with Crippen LogP contribution >= 0.6 is 34.8 Å². The molecule has 4 nitrogen and oxygen atoms in total. The van der Waals surface area contributed by atoms with E-state index in [9.17, 15) is 9.59 Å². The van der Waals surface area contributed by atoms with Gasteiger partial charge >= 0.3 is 0 Å². The zero-order valence-electron chi connectivity index (χ0n) is 13.4. The Morgan fingerprint density at radius 2 is 1.68 bits per heavy atom. The Bertz CT molecular complexity index is 766. The van der Waals surface area contributed by atoms with Gasteiger partial charge in [-0.1, -0.05) is 65.1 Å². The number of benzene rings is 2. The van der Waals surface area contributed by atoms with E-state index in [0.29, 0.717) is 11.4 Å². The Morgan fingerprint density at radius 3 is 2.32 bits per heavy atom. The molecule has 0 bridgehead atoms. The first-order chi connectivity index (χ1) is 11.9. The second-order valence-corrected chi connectivity index (χ2v) is 6.63. The molecule has 0 saturated heterocycles. The molecule has 0 unspecified atom stereocenters. The molecule has 0 aliphatic rings. The number of rotatable bonds is 7. The maximum Gasteiger partial charge on any atom is 0.258 e. The zero-order chi connectivity index (χ0) is 18.4. The summed E-state index contributed by atoms with van der Waals surface area (Å²) in [4.78, 5) is 23.9. The fourth-order valence-corrected chi connectivity index (χ4v) is 2.73. The van der Waals surface area contributed by atoms with Gasteiger partial charge in [0.1, 0.15) is 5.75 Å². The van der Waals surface area contributed by atoms with Crippen molar-refractivity contribution in [2.24, 2.45) is 0 Å². The molecule has 1 amide bonds. The molecule has 0 fully saturated rings. The van der Waals surface area contributed by atoms with Gasteiger partial charge in [0.2, 0.25) is 0 Å². The summed E-state index contributed by atoms with van der Waals surface area (Å²) in [5, 5.41) is 3.47. The summed E-state index contributed by atoms with van der Waals surface area (Å²) in [6.45, 7) is 1.14. The average molecular weight is 401 g/mol. The molecule has 2 aromatic carbocycles. The van der Waals surface area contributed by atoms with E-state index in [1.807, 2.05) is 30.3 Å². The van der Waals surface area contributed by atoms with E-state index in [1.165, 1.54) is 19.1 Å². The normalized spacial score (nSPS) is 11.7. The molecule has 25 heavy (non-hydrogen) atoms. The van der Waals surface area contributed by atoms with Crippen molar-refractivity contribution in [3.8, 4) is 5.75 Å². The second-order valence-electron chi connectivity index (χ2n) is 5.41. The average Bonchev–Trinajstić information content (AvgIpc) is 2.57. The number of carbonyl (C=O) groups excluding carboxylic acids is 2. The van der Waals surface area contributed by atoms with Gasteiger partial charge in [0.15, 0.2) is 12.4 Å². The summed E-state index contributed by atoms with van der Waals surface area (Å²) in [6, 6.07) is 11.7. The van der Waals surface area contributed by atoms with Crippen LogP contribution in [-0.4, -0.2) is 24.3 Å². The molecule has 0 heterocycles. The fourth-order valence-electron chi connectivity index (χ4n) is 2.14. The van der Waals surface area contributed by atoms with Crippen molar-refractivity contribution in [3.05, 3.63) is 63.1 Å². The highest BCUT2D eigenvalue weighted by molar-refractivity contribution is 6.43. The summed E-state index contributed by atoms with van der Waals surface area (Å²) >= 11 is 17.7. The third-order valence-electron chi connectivity index (χ3n) is 3.44. The van der Waals surface area contributed by atoms with Crippen LogP contribution < -0.4 is 10.1 Å². The van der Waals surface area contributed by atoms with E-state index >= 15 is 0 Å². The molecule has 2 aromatic rings. The number of carbonyl (C=O) groups is 2. The van der Waals surface area contributed by atoms with E-state index in [1.54, 1.807) is 0 Å². The molecule has 0 radical (unpaired) electrons. The molecule has 132 valence electrons. The topological polar surface area (TPSA) is 55.4 Å². The molecule has 0 aliphatic carbocycles. The third kappa shape index (κ3) is 5.92. The lowest BCUT2D eigenvalue weighted by molar-refractivity contribution is -0.128.